The minimum absolute atomic E-state index is 0.440. The molecule has 0 aliphatic carbocycles. The predicted octanol–water partition coefficient (Wildman–Crippen LogP) is 3.44. The van der Waals surface area contributed by atoms with E-state index < -0.39 is 11.8 Å². The molecular formula is C19H20ClN3O3. The highest BCUT2D eigenvalue weighted by molar-refractivity contribution is 6.39. The minimum atomic E-state index is -0.862. The highest BCUT2D eigenvalue weighted by atomic mass is 35.5. The van der Waals surface area contributed by atoms with Crippen molar-refractivity contribution < 1.29 is 14.3 Å². The van der Waals surface area contributed by atoms with E-state index in [1.54, 1.807) is 24.3 Å². The van der Waals surface area contributed by atoms with Crippen molar-refractivity contribution in [1.82, 2.24) is 5.43 Å². The lowest BCUT2D eigenvalue weighted by Crippen LogP contribution is -2.32. The summed E-state index contributed by atoms with van der Waals surface area (Å²) in [7, 11) is 0. The van der Waals surface area contributed by atoms with E-state index in [-0.39, 0.29) is 0 Å². The monoisotopic (exact) mass is 373 g/mol. The largest absolute Gasteiger partial charge is 0.492 e. The summed E-state index contributed by atoms with van der Waals surface area (Å²) < 4.78 is 5.34. The number of carbonyl (C=O) groups is 2. The molecule has 2 rings (SSSR count). The van der Waals surface area contributed by atoms with Gasteiger partial charge in [-0.05, 0) is 61.7 Å². The molecule has 0 fully saturated rings. The van der Waals surface area contributed by atoms with Gasteiger partial charge in [0.2, 0.25) is 0 Å². The second kappa shape index (κ2) is 9.01. The molecule has 0 aromatic heterocycles. The number of hydrogen-bond donors (Lipinski definition) is 2. The molecule has 0 saturated carbocycles. The van der Waals surface area contributed by atoms with E-state index >= 15 is 0 Å². The number of anilines is 1. The number of nitrogens with zero attached hydrogens (tertiary/aromatic N) is 1. The first-order chi connectivity index (χ1) is 12.4. The molecular weight excluding hydrogens is 354 g/mol. The molecule has 0 aliphatic heterocycles. The van der Waals surface area contributed by atoms with Crippen LogP contribution in [0.4, 0.5) is 5.69 Å². The second-order valence-corrected chi connectivity index (χ2v) is 5.93. The average Bonchev–Trinajstić information content (AvgIpc) is 2.61. The Morgan fingerprint density at radius 2 is 1.96 bits per heavy atom. The Morgan fingerprint density at radius 1 is 1.19 bits per heavy atom. The number of ether oxygens (including phenoxy) is 1. The lowest BCUT2D eigenvalue weighted by molar-refractivity contribution is -0.136. The summed E-state index contributed by atoms with van der Waals surface area (Å²) in [5.41, 5.74) is 5.37. The highest BCUT2D eigenvalue weighted by Gasteiger charge is 2.14. The molecule has 136 valence electrons. The van der Waals surface area contributed by atoms with E-state index in [0.717, 1.165) is 11.1 Å². The zero-order chi connectivity index (χ0) is 19.1. The SMILES string of the molecule is CCOc1ccc(/C=N\NC(=O)C(=O)Nc2cccc(C)c2C)cc1Cl. The number of halogens is 1. The molecule has 0 atom stereocenters. The van der Waals surface area contributed by atoms with Gasteiger partial charge in [-0.15, -0.1) is 0 Å². The molecule has 0 unspecified atom stereocenters. The zero-order valence-corrected chi connectivity index (χ0v) is 15.6. The molecule has 2 amide bonds. The van der Waals surface area contributed by atoms with Gasteiger partial charge in [-0.1, -0.05) is 23.7 Å². The van der Waals surface area contributed by atoms with E-state index in [0.29, 0.717) is 28.6 Å². The van der Waals surface area contributed by atoms with Gasteiger partial charge in [0.15, 0.2) is 0 Å². The number of hydrogen-bond acceptors (Lipinski definition) is 4. The number of aryl methyl sites for hydroxylation is 1. The molecule has 6 nitrogen and oxygen atoms in total. The van der Waals surface area contributed by atoms with Crippen molar-refractivity contribution in [1.29, 1.82) is 0 Å². The van der Waals surface area contributed by atoms with Crippen molar-refractivity contribution >= 4 is 35.3 Å². The summed E-state index contributed by atoms with van der Waals surface area (Å²) in [4.78, 5) is 23.8. The van der Waals surface area contributed by atoms with Crippen LogP contribution in [0.1, 0.15) is 23.6 Å². The Balaban J connectivity index is 1.95. The summed E-state index contributed by atoms with van der Waals surface area (Å²) in [6.45, 7) is 6.18. The first kappa shape index (κ1) is 19.5. The number of carbonyl (C=O) groups excluding carboxylic acids is 2. The maximum atomic E-state index is 12.0. The molecule has 7 heteroatoms. The summed E-state index contributed by atoms with van der Waals surface area (Å²) >= 11 is 6.08. The normalized spacial score (nSPS) is 10.6. The van der Waals surface area contributed by atoms with Crippen molar-refractivity contribution in [2.24, 2.45) is 5.10 Å². The maximum Gasteiger partial charge on any atom is 0.329 e. The van der Waals surface area contributed by atoms with E-state index in [9.17, 15) is 9.59 Å². The van der Waals surface area contributed by atoms with Crippen LogP contribution in [0.3, 0.4) is 0 Å². The smallest absolute Gasteiger partial charge is 0.329 e. The average molecular weight is 374 g/mol. The zero-order valence-electron chi connectivity index (χ0n) is 14.8. The summed E-state index contributed by atoms with van der Waals surface area (Å²) in [6.07, 6.45) is 1.39. The van der Waals surface area contributed by atoms with Crippen LogP contribution >= 0.6 is 11.6 Å². The molecule has 2 aromatic carbocycles. The van der Waals surface area contributed by atoms with Crippen molar-refractivity contribution in [2.75, 3.05) is 11.9 Å². The fourth-order valence-electron chi connectivity index (χ4n) is 2.15. The van der Waals surface area contributed by atoms with Gasteiger partial charge in [0.05, 0.1) is 17.8 Å². The molecule has 0 aliphatic rings. The molecule has 0 radical (unpaired) electrons. The summed E-state index contributed by atoms with van der Waals surface area (Å²) in [6, 6.07) is 10.6. The maximum absolute atomic E-state index is 12.0. The van der Waals surface area contributed by atoms with E-state index in [1.807, 2.05) is 32.9 Å². The highest BCUT2D eigenvalue weighted by Crippen LogP contribution is 2.24. The molecule has 0 spiro atoms. The fourth-order valence-corrected chi connectivity index (χ4v) is 2.40. The van der Waals surface area contributed by atoms with Crippen LogP contribution in [0, 0.1) is 13.8 Å². The van der Waals surface area contributed by atoms with Crippen LogP contribution in [-0.2, 0) is 9.59 Å². The number of rotatable bonds is 5. The number of hydrazone groups is 1. The summed E-state index contributed by atoms with van der Waals surface area (Å²) in [5, 5.41) is 6.78. The second-order valence-electron chi connectivity index (χ2n) is 5.52. The lowest BCUT2D eigenvalue weighted by atomic mass is 10.1. The van der Waals surface area contributed by atoms with Gasteiger partial charge in [-0.3, -0.25) is 9.59 Å². The number of amides is 2. The molecule has 0 bridgehead atoms. The third-order valence-corrected chi connectivity index (χ3v) is 3.99. The van der Waals surface area contributed by atoms with E-state index in [2.05, 4.69) is 15.8 Å². The third kappa shape index (κ3) is 5.07. The molecule has 0 heterocycles. The summed E-state index contributed by atoms with van der Waals surface area (Å²) in [5.74, 6) is -1.08. The number of benzene rings is 2. The lowest BCUT2D eigenvalue weighted by Gasteiger charge is -2.09. The van der Waals surface area contributed by atoms with E-state index in [4.69, 9.17) is 16.3 Å². The predicted molar refractivity (Wildman–Crippen MR) is 103 cm³/mol. The molecule has 0 saturated heterocycles. The van der Waals surface area contributed by atoms with Crippen LogP contribution < -0.4 is 15.5 Å². The van der Waals surface area contributed by atoms with Crippen molar-refractivity contribution in [3.05, 3.63) is 58.1 Å². The van der Waals surface area contributed by atoms with Crippen LogP contribution in [0.25, 0.3) is 0 Å². The molecule has 26 heavy (non-hydrogen) atoms. The van der Waals surface area contributed by atoms with E-state index in [1.165, 1.54) is 6.21 Å². The Kier molecular flexibility index (Phi) is 6.74. The van der Waals surface area contributed by atoms with Gasteiger partial charge in [0.1, 0.15) is 5.75 Å². The fraction of sp³-hybridized carbons (Fsp3) is 0.211. The van der Waals surface area contributed by atoms with Crippen molar-refractivity contribution in [2.45, 2.75) is 20.8 Å². The van der Waals surface area contributed by atoms with Gasteiger partial charge in [0, 0.05) is 5.69 Å². The molecule has 2 N–H and O–H groups in total. The first-order valence-electron chi connectivity index (χ1n) is 8.05. The van der Waals surface area contributed by atoms with Crippen molar-refractivity contribution in [3.8, 4) is 5.75 Å². The van der Waals surface area contributed by atoms with Crippen LogP contribution in [0.5, 0.6) is 5.75 Å². The van der Waals surface area contributed by atoms with Gasteiger partial charge >= 0.3 is 11.8 Å². The topological polar surface area (TPSA) is 79.8 Å². The minimum Gasteiger partial charge on any atom is -0.492 e. The third-order valence-electron chi connectivity index (χ3n) is 3.69. The quantitative estimate of drug-likeness (QED) is 0.478. The Morgan fingerprint density at radius 3 is 2.65 bits per heavy atom. The Hall–Kier alpha value is -2.86. The van der Waals surface area contributed by atoms with Crippen LogP contribution in [0.2, 0.25) is 5.02 Å². The first-order valence-corrected chi connectivity index (χ1v) is 8.43. The van der Waals surface area contributed by atoms with Gasteiger partial charge < -0.3 is 10.1 Å². The van der Waals surface area contributed by atoms with Gasteiger partial charge in [-0.25, -0.2) is 5.43 Å². The van der Waals surface area contributed by atoms with Crippen LogP contribution in [0.15, 0.2) is 41.5 Å². The van der Waals surface area contributed by atoms with Crippen LogP contribution in [-0.4, -0.2) is 24.6 Å². The standard InChI is InChI=1S/C19H20ClN3O3/c1-4-26-17-9-8-14(10-15(17)20)11-21-23-19(25)18(24)22-16-7-5-6-12(2)13(16)3/h5-11H,4H2,1-3H3,(H,22,24)(H,23,25)/b21-11-. The van der Waals surface area contributed by atoms with Crippen molar-refractivity contribution in [3.63, 3.8) is 0 Å². The Labute approximate surface area is 157 Å². The molecule has 2 aromatic rings. The van der Waals surface area contributed by atoms with Gasteiger partial charge in [0.25, 0.3) is 0 Å². The number of nitrogens with one attached hydrogen (secondary N) is 2. The Bertz CT molecular complexity index is 850. The van der Waals surface area contributed by atoms with Gasteiger partial charge in [-0.2, -0.15) is 5.10 Å².